The van der Waals surface area contributed by atoms with Crippen molar-refractivity contribution >= 4 is 0 Å². The molecule has 0 amide bonds. The minimum Gasteiger partial charge on any atom is -0.391 e. The van der Waals surface area contributed by atoms with Crippen LogP contribution in [0.3, 0.4) is 0 Å². The average molecular weight is 156 g/mol. The van der Waals surface area contributed by atoms with Crippen molar-refractivity contribution in [3.05, 3.63) is 0 Å². The van der Waals surface area contributed by atoms with Gasteiger partial charge in [0.1, 0.15) is 0 Å². The molecule has 0 radical (unpaired) electrons. The monoisotopic (exact) mass is 156 g/mol. The molecule has 0 heterocycles. The van der Waals surface area contributed by atoms with Gasteiger partial charge in [0.05, 0.1) is 18.6 Å². The summed E-state index contributed by atoms with van der Waals surface area (Å²) in [7, 11) is 0. The first kappa shape index (κ1) is 10.4. The summed E-state index contributed by atoms with van der Waals surface area (Å²) in [6.45, 7) is 4.39. The number of hydrogen-bond donors (Lipinski definition) is 2. The number of nitrogens with zero attached hydrogens (tertiary/aromatic N) is 1. The van der Waals surface area contributed by atoms with E-state index in [2.05, 4.69) is 0 Å². The Bertz CT molecular complexity index is 149. The summed E-state index contributed by atoms with van der Waals surface area (Å²) in [5.74, 6) is 0. The van der Waals surface area contributed by atoms with Crippen molar-refractivity contribution in [3.8, 4) is 6.07 Å². The van der Waals surface area contributed by atoms with E-state index in [1.54, 1.807) is 0 Å². The number of nitrogens with two attached hydrogens (primary N) is 1. The lowest BCUT2D eigenvalue weighted by Gasteiger charge is -2.28. The lowest BCUT2D eigenvalue weighted by molar-refractivity contribution is 0.0497. The third-order valence-electron chi connectivity index (χ3n) is 1.98. The van der Waals surface area contributed by atoms with E-state index in [-0.39, 0.29) is 11.8 Å². The predicted octanol–water partition coefficient (Wildman–Crippen LogP) is 0.636. The van der Waals surface area contributed by atoms with E-state index >= 15 is 0 Å². The fraction of sp³-hybridized carbons (Fsp3) is 0.875. The van der Waals surface area contributed by atoms with Crippen LogP contribution >= 0.6 is 0 Å². The summed E-state index contributed by atoms with van der Waals surface area (Å²) >= 11 is 0. The standard InChI is InChI=1S/C8H16N2O/c1-8(2,4-6-10)7(11)3-5-9/h7,11H,3-4,6,10H2,1-2H3. The maximum atomic E-state index is 9.43. The van der Waals surface area contributed by atoms with Crippen molar-refractivity contribution in [1.82, 2.24) is 0 Å². The third kappa shape index (κ3) is 3.35. The molecule has 0 aliphatic heterocycles. The highest BCUT2D eigenvalue weighted by atomic mass is 16.3. The van der Waals surface area contributed by atoms with Gasteiger partial charge >= 0.3 is 0 Å². The quantitative estimate of drug-likeness (QED) is 0.627. The zero-order valence-corrected chi connectivity index (χ0v) is 7.17. The Balaban J connectivity index is 3.96. The summed E-state index contributed by atoms with van der Waals surface area (Å²) in [6, 6.07) is 1.94. The zero-order valence-electron chi connectivity index (χ0n) is 7.17. The summed E-state index contributed by atoms with van der Waals surface area (Å²) in [6.07, 6.45) is 0.374. The van der Waals surface area contributed by atoms with E-state index in [0.29, 0.717) is 6.54 Å². The predicted molar refractivity (Wildman–Crippen MR) is 43.7 cm³/mol. The van der Waals surface area contributed by atoms with Crippen LogP contribution in [-0.2, 0) is 0 Å². The molecule has 0 bridgehead atoms. The lowest BCUT2D eigenvalue weighted by atomic mass is 9.82. The fourth-order valence-electron chi connectivity index (χ4n) is 0.901. The minimum atomic E-state index is -0.559. The zero-order chi connectivity index (χ0) is 8.91. The van der Waals surface area contributed by atoms with Crippen LogP contribution < -0.4 is 5.73 Å². The topological polar surface area (TPSA) is 70.0 Å². The molecular weight excluding hydrogens is 140 g/mol. The SMILES string of the molecule is CC(C)(CCN)C(O)CC#N. The van der Waals surface area contributed by atoms with Crippen molar-refractivity contribution in [1.29, 1.82) is 5.26 Å². The van der Waals surface area contributed by atoms with Crippen LogP contribution in [-0.4, -0.2) is 17.8 Å². The highest BCUT2D eigenvalue weighted by Crippen LogP contribution is 2.25. The van der Waals surface area contributed by atoms with E-state index < -0.39 is 6.10 Å². The summed E-state index contributed by atoms with van der Waals surface area (Å²) in [5.41, 5.74) is 5.12. The maximum Gasteiger partial charge on any atom is 0.0721 e. The van der Waals surface area contributed by atoms with Gasteiger partial charge in [-0.05, 0) is 18.4 Å². The molecule has 1 atom stereocenters. The first-order chi connectivity index (χ1) is 5.04. The van der Waals surface area contributed by atoms with Gasteiger partial charge in [-0.1, -0.05) is 13.8 Å². The molecule has 0 spiro atoms. The molecule has 0 aromatic carbocycles. The molecule has 0 saturated heterocycles. The van der Waals surface area contributed by atoms with Crippen molar-refractivity contribution in [2.24, 2.45) is 11.1 Å². The van der Waals surface area contributed by atoms with Gasteiger partial charge in [0.25, 0.3) is 0 Å². The molecule has 0 saturated carbocycles. The van der Waals surface area contributed by atoms with E-state index in [1.165, 1.54) is 0 Å². The van der Waals surface area contributed by atoms with E-state index in [1.807, 2.05) is 19.9 Å². The van der Waals surface area contributed by atoms with Gasteiger partial charge in [0.2, 0.25) is 0 Å². The van der Waals surface area contributed by atoms with Crippen LogP contribution in [0.1, 0.15) is 26.7 Å². The molecule has 0 fully saturated rings. The van der Waals surface area contributed by atoms with Crippen molar-refractivity contribution in [2.75, 3.05) is 6.54 Å². The van der Waals surface area contributed by atoms with Crippen LogP contribution in [0.5, 0.6) is 0 Å². The van der Waals surface area contributed by atoms with Crippen LogP contribution in [0.4, 0.5) is 0 Å². The van der Waals surface area contributed by atoms with E-state index in [0.717, 1.165) is 6.42 Å². The molecule has 3 nitrogen and oxygen atoms in total. The molecule has 11 heavy (non-hydrogen) atoms. The number of hydrogen-bond acceptors (Lipinski definition) is 3. The molecule has 64 valence electrons. The van der Waals surface area contributed by atoms with Crippen LogP contribution in [0.15, 0.2) is 0 Å². The van der Waals surface area contributed by atoms with Gasteiger partial charge in [0, 0.05) is 0 Å². The molecule has 0 aromatic heterocycles. The third-order valence-corrected chi connectivity index (χ3v) is 1.98. The van der Waals surface area contributed by atoms with E-state index in [4.69, 9.17) is 11.0 Å². The second-order valence-corrected chi connectivity index (χ2v) is 3.41. The number of aliphatic hydroxyl groups is 1. The van der Waals surface area contributed by atoms with Gasteiger partial charge in [0.15, 0.2) is 0 Å². The normalized spacial score (nSPS) is 14.1. The molecule has 3 heteroatoms. The minimum absolute atomic E-state index is 0.188. The van der Waals surface area contributed by atoms with Crippen LogP contribution in [0.2, 0.25) is 0 Å². The Hall–Kier alpha value is -0.590. The first-order valence-electron chi connectivity index (χ1n) is 3.79. The van der Waals surface area contributed by atoms with Crippen LogP contribution in [0.25, 0.3) is 0 Å². The molecule has 1 unspecified atom stereocenters. The van der Waals surface area contributed by atoms with Gasteiger partial charge in [-0.15, -0.1) is 0 Å². The van der Waals surface area contributed by atoms with Gasteiger partial charge in [-0.3, -0.25) is 0 Å². The Kier molecular flexibility index (Phi) is 4.09. The van der Waals surface area contributed by atoms with Gasteiger partial charge in [-0.25, -0.2) is 0 Å². The van der Waals surface area contributed by atoms with Gasteiger partial charge < -0.3 is 10.8 Å². The molecule has 0 rings (SSSR count). The molecule has 0 aliphatic carbocycles. The average Bonchev–Trinajstić information content (AvgIpc) is 1.88. The van der Waals surface area contributed by atoms with Crippen molar-refractivity contribution in [3.63, 3.8) is 0 Å². The van der Waals surface area contributed by atoms with Crippen LogP contribution in [0, 0.1) is 16.7 Å². The maximum absolute atomic E-state index is 9.43. The number of rotatable bonds is 4. The molecule has 0 aromatic rings. The largest absolute Gasteiger partial charge is 0.391 e. The second-order valence-electron chi connectivity index (χ2n) is 3.41. The molecule has 3 N–H and O–H groups in total. The Morgan fingerprint density at radius 2 is 2.18 bits per heavy atom. The number of nitriles is 1. The number of aliphatic hydroxyl groups excluding tert-OH is 1. The van der Waals surface area contributed by atoms with E-state index in [9.17, 15) is 5.11 Å². The fourth-order valence-corrected chi connectivity index (χ4v) is 0.901. The summed E-state index contributed by atoms with van der Waals surface area (Å²) in [5, 5.41) is 17.8. The smallest absolute Gasteiger partial charge is 0.0721 e. The molecular formula is C8H16N2O. The Morgan fingerprint density at radius 3 is 2.55 bits per heavy atom. The summed E-state index contributed by atoms with van der Waals surface area (Å²) < 4.78 is 0. The Morgan fingerprint density at radius 1 is 1.64 bits per heavy atom. The lowest BCUT2D eigenvalue weighted by Crippen LogP contribution is -2.31. The highest BCUT2D eigenvalue weighted by molar-refractivity contribution is 4.85. The van der Waals surface area contributed by atoms with Gasteiger partial charge in [-0.2, -0.15) is 5.26 Å². The summed E-state index contributed by atoms with van der Waals surface area (Å²) in [4.78, 5) is 0. The second kappa shape index (κ2) is 4.32. The molecule has 0 aliphatic rings. The highest BCUT2D eigenvalue weighted by Gasteiger charge is 2.26. The van der Waals surface area contributed by atoms with Crippen molar-refractivity contribution < 1.29 is 5.11 Å². The van der Waals surface area contributed by atoms with Crippen molar-refractivity contribution in [2.45, 2.75) is 32.8 Å². The Labute approximate surface area is 67.8 Å². The first-order valence-corrected chi connectivity index (χ1v) is 3.79.